The van der Waals surface area contributed by atoms with Crippen LogP contribution >= 0.6 is 15.9 Å². The predicted molar refractivity (Wildman–Crippen MR) is 61.8 cm³/mol. The first-order valence-electron chi connectivity index (χ1n) is 4.46. The van der Waals surface area contributed by atoms with Crippen LogP contribution in [0.3, 0.4) is 0 Å². The lowest BCUT2D eigenvalue weighted by atomic mass is 10.2. The van der Waals surface area contributed by atoms with Crippen molar-refractivity contribution in [3.63, 3.8) is 0 Å². The van der Waals surface area contributed by atoms with Crippen molar-refractivity contribution in [2.24, 2.45) is 0 Å². The molecule has 1 rings (SSSR count). The number of hydrogen-bond donors (Lipinski definition) is 1. The number of rotatable bonds is 3. The van der Waals surface area contributed by atoms with Crippen LogP contribution in [-0.2, 0) is 4.79 Å². The molecule has 80 valence electrons. The van der Waals surface area contributed by atoms with Gasteiger partial charge in [-0.1, -0.05) is 24.3 Å². The van der Waals surface area contributed by atoms with Gasteiger partial charge in [0.05, 0.1) is 4.47 Å². The number of nitrogens with one attached hydrogen (secondary N) is 1. The van der Waals surface area contributed by atoms with Crippen LogP contribution in [0.1, 0.15) is 12.5 Å². The molecule has 0 saturated heterocycles. The topological polar surface area (TPSA) is 29.1 Å². The smallest absolute Gasteiger partial charge is 0.217 e. The van der Waals surface area contributed by atoms with Crippen molar-refractivity contribution in [2.45, 2.75) is 6.92 Å². The van der Waals surface area contributed by atoms with E-state index in [0.29, 0.717) is 11.0 Å². The maximum absolute atomic E-state index is 13.1. The van der Waals surface area contributed by atoms with Crippen molar-refractivity contribution in [3.8, 4) is 0 Å². The van der Waals surface area contributed by atoms with E-state index in [1.165, 1.54) is 13.0 Å². The quantitative estimate of drug-likeness (QED) is 0.900. The maximum atomic E-state index is 13.1. The Morgan fingerprint density at radius 2 is 2.33 bits per heavy atom. The van der Waals surface area contributed by atoms with Crippen molar-refractivity contribution >= 4 is 27.9 Å². The van der Waals surface area contributed by atoms with E-state index in [-0.39, 0.29) is 11.7 Å². The molecule has 0 atom stereocenters. The number of carbonyl (C=O) groups excluding carboxylic acids is 1. The minimum absolute atomic E-state index is 0.0852. The van der Waals surface area contributed by atoms with E-state index >= 15 is 0 Å². The Hall–Kier alpha value is -1.16. The average Bonchev–Trinajstić information content (AvgIpc) is 2.18. The van der Waals surface area contributed by atoms with E-state index in [1.54, 1.807) is 24.3 Å². The molecule has 0 spiro atoms. The number of carbonyl (C=O) groups is 1. The Kier molecular flexibility index (Phi) is 4.49. The first kappa shape index (κ1) is 11.9. The van der Waals surface area contributed by atoms with Gasteiger partial charge in [-0.2, -0.15) is 0 Å². The monoisotopic (exact) mass is 271 g/mol. The zero-order valence-corrected chi connectivity index (χ0v) is 9.84. The summed E-state index contributed by atoms with van der Waals surface area (Å²) in [7, 11) is 0. The number of benzene rings is 1. The molecule has 0 saturated carbocycles. The second kappa shape index (κ2) is 5.66. The van der Waals surface area contributed by atoms with Crippen LogP contribution in [0, 0.1) is 5.82 Å². The van der Waals surface area contributed by atoms with Gasteiger partial charge in [-0.15, -0.1) is 0 Å². The normalized spacial score (nSPS) is 10.6. The number of hydrogen-bond acceptors (Lipinski definition) is 1. The Morgan fingerprint density at radius 1 is 1.60 bits per heavy atom. The molecule has 1 N–H and O–H groups in total. The van der Waals surface area contributed by atoms with Crippen molar-refractivity contribution in [3.05, 3.63) is 40.1 Å². The lowest BCUT2D eigenvalue weighted by Gasteiger charge is -1.99. The summed E-state index contributed by atoms with van der Waals surface area (Å²) in [6.07, 6.45) is 3.52. The molecular weight excluding hydrogens is 261 g/mol. The molecule has 0 aromatic heterocycles. The molecule has 0 aliphatic carbocycles. The lowest BCUT2D eigenvalue weighted by molar-refractivity contribution is -0.118. The van der Waals surface area contributed by atoms with Gasteiger partial charge in [0.2, 0.25) is 5.91 Å². The molecule has 1 aromatic rings. The van der Waals surface area contributed by atoms with Crippen LogP contribution in [0.5, 0.6) is 0 Å². The highest BCUT2D eigenvalue weighted by Crippen LogP contribution is 2.21. The maximum Gasteiger partial charge on any atom is 0.217 e. The van der Waals surface area contributed by atoms with Crippen LogP contribution in [-0.4, -0.2) is 12.5 Å². The predicted octanol–water partition coefficient (Wildman–Crippen LogP) is 2.74. The Morgan fingerprint density at radius 3 is 3.00 bits per heavy atom. The first-order valence-corrected chi connectivity index (χ1v) is 5.25. The third-order valence-corrected chi connectivity index (χ3v) is 2.58. The van der Waals surface area contributed by atoms with Crippen molar-refractivity contribution in [2.75, 3.05) is 6.54 Å². The SMILES string of the molecule is CC(=O)NCC=Cc1cccc(F)c1Br. The third kappa shape index (κ3) is 3.83. The molecule has 15 heavy (non-hydrogen) atoms. The highest BCUT2D eigenvalue weighted by atomic mass is 79.9. The Bertz CT molecular complexity index is 390. The molecule has 0 heterocycles. The van der Waals surface area contributed by atoms with Gasteiger partial charge < -0.3 is 5.32 Å². The van der Waals surface area contributed by atoms with Gasteiger partial charge in [0.1, 0.15) is 5.82 Å². The fraction of sp³-hybridized carbons (Fsp3) is 0.182. The summed E-state index contributed by atoms with van der Waals surface area (Å²) in [5.41, 5.74) is 0.750. The molecular formula is C11H11BrFNO. The lowest BCUT2D eigenvalue weighted by Crippen LogP contribution is -2.19. The molecule has 0 unspecified atom stereocenters. The first-order chi connectivity index (χ1) is 7.11. The summed E-state index contributed by atoms with van der Waals surface area (Å²) in [6, 6.07) is 4.81. The Labute approximate surface area is 96.3 Å². The second-order valence-electron chi connectivity index (χ2n) is 2.98. The molecule has 4 heteroatoms. The molecule has 0 radical (unpaired) electrons. The molecule has 1 amide bonds. The minimum atomic E-state index is -0.295. The average molecular weight is 272 g/mol. The van der Waals surface area contributed by atoms with Gasteiger partial charge in [0.25, 0.3) is 0 Å². The van der Waals surface area contributed by atoms with Crippen LogP contribution in [0.2, 0.25) is 0 Å². The molecule has 0 aliphatic rings. The van der Waals surface area contributed by atoms with E-state index in [9.17, 15) is 9.18 Å². The highest BCUT2D eigenvalue weighted by Gasteiger charge is 2.00. The summed E-state index contributed by atoms with van der Waals surface area (Å²) < 4.78 is 13.5. The van der Waals surface area contributed by atoms with Crippen molar-refractivity contribution in [1.29, 1.82) is 0 Å². The summed E-state index contributed by atoms with van der Waals surface area (Å²) in [6.45, 7) is 1.89. The van der Waals surface area contributed by atoms with Crippen molar-refractivity contribution < 1.29 is 9.18 Å². The van der Waals surface area contributed by atoms with Crippen LogP contribution < -0.4 is 5.32 Å². The second-order valence-corrected chi connectivity index (χ2v) is 3.78. The van der Waals surface area contributed by atoms with Gasteiger partial charge in [-0.3, -0.25) is 4.79 Å². The third-order valence-electron chi connectivity index (χ3n) is 1.75. The highest BCUT2D eigenvalue weighted by molar-refractivity contribution is 9.10. The molecule has 0 aliphatic heterocycles. The standard InChI is InChI=1S/C11H11BrFNO/c1-8(15)14-7-3-5-9-4-2-6-10(13)11(9)12/h2-6H,7H2,1H3,(H,14,15). The molecule has 2 nitrogen and oxygen atoms in total. The fourth-order valence-corrected chi connectivity index (χ4v) is 1.43. The van der Waals surface area contributed by atoms with Gasteiger partial charge >= 0.3 is 0 Å². The van der Waals surface area contributed by atoms with E-state index in [0.717, 1.165) is 5.56 Å². The number of amides is 1. The van der Waals surface area contributed by atoms with E-state index < -0.39 is 0 Å². The van der Waals surface area contributed by atoms with E-state index in [4.69, 9.17) is 0 Å². The summed E-state index contributed by atoms with van der Waals surface area (Å²) in [4.78, 5) is 10.6. The summed E-state index contributed by atoms with van der Waals surface area (Å²) in [5.74, 6) is -0.380. The van der Waals surface area contributed by atoms with Crippen molar-refractivity contribution in [1.82, 2.24) is 5.32 Å². The fourth-order valence-electron chi connectivity index (χ4n) is 1.04. The van der Waals surface area contributed by atoms with Gasteiger partial charge in [-0.25, -0.2) is 4.39 Å². The minimum Gasteiger partial charge on any atom is -0.353 e. The summed E-state index contributed by atoms with van der Waals surface area (Å²) in [5, 5.41) is 2.62. The number of halogens is 2. The zero-order chi connectivity index (χ0) is 11.3. The molecule has 0 fully saturated rings. The zero-order valence-electron chi connectivity index (χ0n) is 8.26. The van der Waals surface area contributed by atoms with E-state index in [1.807, 2.05) is 0 Å². The van der Waals surface area contributed by atoms with Crippen LogP contribution in [0.4, 0.5) is 4.39 Å². The largest absolute Gasteiger partial charge is 0.353 e. The molecule has 1 aromatic carbocycles. The van der Waals surface area contributed by atoms with Crippen LogP contribution in [0.15, 0.2) is 28.7 Å². The summed E-state index contributed by atoms with van der Waals surface area (Å²) >= 11 is 3.15. The molecule has 0 bridgehead atoms. The van der Waals surface area contributed by atoms with Crippen LogP contribution in [0.25, 0.3) is 6.08 Å². The van der Waals surface area contributed by atoms with Gasteiger partial charge in [0, 0.05) is 13.5 Å². The van der Waals surface area contributed by atoms with Gasteiger partial charge in [0.15, 0.2) is 0 Å². The Balaban J connectivity index is 2.64. The van der Waals surface area contributed by atoms with E-state index in [2.05, 4.69) is 21.2 Å². The van der Waals surface area contributed by atoms with Gasteiger partial charge in [-0.05, 0) is 27.6 Å².